The van der Waals surface area contributed by atoms with Crippen LogP contribution in [-0.4, -0.2) is 51.7 Å². The van der Waals surface area contributed by atoms with Gasteiger partial charge in [-0.05, 0) is 30.8 Å². The third kappa shape index (κ3) is 4.30. The smallest absolute Gasteiger partial charge is 0.181 e. The lowest BCUT2D eigenvalue weighted by Gasteiger charge is -2.36. The average molecular weight is 383 g/mol. The summed E-state index contributed by atoms with van der Waals surface area (Å²) < 4.78 is 3.85. The zero-order valence-electron chi connectivity index (χ0n) is 13.7. The predicted octanol–water partition coefficient (Wildman–Crippen LogP) is 3.66. The van der Waals surface area contributed by atoms with Crippen LogP contribution in [-0.2, 0) is 6.67 Å². The molecule has 1 aromatic carbocycles. The minimum Gasteiger partial charge on any atom is -0.506 e. The first-order chi connectivity index (χ1) is 11.7. The molecule has 2 heterocycles. The van der Waals surface area contributed by atoms with Gasteiger partial charge in [0.25, 0.3) is 0 Å². The first kappa shape index (κ1) is 17.7. The fraction of sp³-hybridized carbons (Fsp3) is 0.500. The summed E-state index contributed by atoms with van der Waals surface area (Å²) in [5.74, 6) is 1.44. The van der Waals surface area contributed by atoms with Crippen LogP contribution in [0.4, 0.5) is 5.69 Å². The summed E-state index contributed by atoms with van der Waals surface area (Å²) in [7, 11) is 0. The van der Waals surface area contributed by atoms with Crippen LogP contribution in [0.25, 0.3) is 0 Å². The van der Waals surface area contributed by atoms with Crippen LogP contribution in [0.15, 0.2) is 28.6 Å². The van der Waals surface area contributed by atoms with Gasteiger partial charge in [0.2, 0.25) is 0 Å². The van der Waals surface area contributed by atoms with E-state index in [1.54, 1.807) is 29.2 Å². The van der Waals surface area contributed by atoms with Gasteiger partial charge in [-0.15, -0.1) is 0 Å². The molecule has 0 unspecified atom stereocenters. The molecule has 1 N–H and O–H groups in total. The van der Waals surface area contributed by atoms with E-state index in [1.807, 2.05) is 22.9 Å². The molecule has 1 aliphatic heterocycles. The van der Waals surface area contributed by atoms with Crippen molar-refractivity contribution in [1.29, 1.82) is 0 Å². The van der Waals surface area contributed by atoms with Gasteiger partial charge in [0.1, 0.15) is 5.75 Å². The van der Waals surface area contributed by atoms with E-state index in [9.17, 15) is 5.11 Å². The Bertz CT molecular complexity index is 722. The summed E-state index contributed by atoms with van der Waals surface area (Å²) in [6.07, 6.45) is 1.14. The predicted molar refractivity (Wildman–Crippen MR) is 104 cm³/mol. The minimum absolute atomic E-state index is 0.352. The highest BCUT2D eigenvalue weighted by atomic mass is 32.2. The number of aromatic hydroxyl groups is 1. The molecular formula is C16H22N4OS3. The van der Waals surface area contributed by atoms with Gasteiger partial charge >= 0.3 is 0 Å². The monoisotopic (exact) mass is 382 g/mol. The summed E-state index contributed by atoms with van der Waals surface area (Å²) in [5, 5.41) is 14.6. The highest BCUT2D eigenvalue weighted by Gasteiger charge is 2.19. The lowest BCUT2D eigenvalue weighted by Crippen LogP contribution is -2.47. The van der Waals surface area contributed by atoms with Crippen LogP contribution in [0.3, 0.4) is 0 Å². The van der Waals surface area contributed by atoms with Gasteiger partial charge in [0.05, 0.1) is 12.4 Å². The number of aromatic nitrogens is 2. The van der Waals surface area contributed by atoms with Gasteiger partial charge in [-0.1, -0.05) is 42.2 Å². The lowest BCUT2D eigenvalue weighted by molar-refractivity contribution is 0.193. The van der Waals surface area contributed by atoms with Crippen molar-refractivity contribution < 1.29 is 5.11 Å². The van der Waals surface area contributed by atoms with Gasteiger partial charge in [-0.25, -0.2) is 4.68 Å². The Kier molecular flexibility index (Phi) is 6.15. The van der Waals surface area contributed by atoms with Crippen LogP contribution < -0.4 is 4.90 Å². The van der Waals surface area contributed by atoms with Gasteiger partial charge in [-0.2, -0.15) is 5.10 Å². The molecule has 1 fully saturated rings. The van der Waals surface area contributed by atoms with E-state index < -0.39 is 0 Å². The highest BCUT2D eigenvalue weighted by Crippen LogP contribution is 2.27. The number of para-hydroxylation sites is 2. The number of rotatable bonds is 6. The number of piperazine rings is 1. The molecule has 0 radical (unpaired) electrons. The second kappa shape index (κ2) is 8.33. The van der Waals surface area contributed by atoms with Crippen molar-refractivity contribution in [2.75, 3.05) is 36.8 Å². The highest BCUT2D eigenvalue weighted by molar-refractivity contribution is 8.01. The van der Waals surface area contributed by atoms with Gasteiger partial charge in [0.15, 0.2) is 8.29 Å². The molecule has 0 aliphatic carbocycles. The van der Waals surface area contributed by atoms with Crippen molar-refractivity contribution in [3.8, 4) is 5.75 Å². The maximum Gasteiger partial charge on any atom is 0.181 e. The molecule has 0 bridgehead atoms. The molecule has 5 nitrogen and oxygen atoms in total. The quantitative estimate of drug-likeness (QED) is 0.608. The Morgan fingerprint density at radius 1 is 1.25 bits per heavy atom. The molecule has 130 valence electrons. The molecule has 2 aromatic rings. The summed E-state index contributed by atoms with van der Waals surface area (Å²) in [5.41, 5.74) is 0.917. The van der Waals surface area contributed by atoms with E-state index in [-0.39, 0.29) is 0 Å². The van der Waals surface area contributed by atoms with Gasteiger partial charge in [0, 0.05) is 31.9 Å². The molecule has 0 saturated carbocycles. The summed E-state index contributed by atoms with van der Waals surface area (Å²) in [6, 6.07) is 7.53. The Labute approximate surface area is 155 Å². The lowest BCUT2D eigenvalue weighted by atomic mass is 10.2. The van der Waals surface area contributed by atoms with E-state index in [0.717, 1.165) is 59.0 Å². The molecule has 24 heavy (non-hydrogen) atoms. The van der Waals surface area contributed by atoms with Crippen LogP contribution in [0.5, 0.6) is 5.75 Å². The second-order valence-electron chi connectivity index (χ2n) is 5.72. The van der Waals surface area contributed by atoms with E-state index in [4.69, 9.17) is 12.2 Å². The summed E-state index contributed by atoms with van der Waals surface area (Å²) in [4.78, 5) is 4.59. The fourth-order valence-electron chi connectivity index (χ4n) is 2.68. The molecule has 0 atom stereocenters. The van der Waals surface area contributed by atoms with E-state index in [1.165, 1.54) is 0 Å². The number of hydrogen-bond acceptors (Lipinski definition) is 7. The van der Waals surface area contributed by atoms with Crippen LogP contribution >= 0.6 is 35.3 Å². The standard InChI is InChI=1S/C16H22N4OS3/c1-2-11-23-15-17-20(16(22)24-15)12-18-7-9-19(10-8-18)13-5-3-4-6-14(13)21/h3-6,21H,2,7-12H2,1H3. The average Bonchev–Trinajstić information content (AvgIpc) is 2.94. The van der Waals surface area contributed by atoms with E-state index in [0.29, 0.717) is 5.75 Å². The Hall–Kier alpha value is -1.09. The number of benzene rings is 1. The maximum absolute atomic E-state index is 9.99. The minimum atomic E-state index is 0.352. The fourth-order valence-corrected chi connectivity index (χ4v) is 4.92. The first-order valence-electron chi connectivity index (χ1n) is 8.13. The van der Waals surface area contributed by atoms with E-state index >= 15 is 0 Å². The normalized spacial score (nSPS) is 15.8. The van der Waals surface area contributed by atoms with Crippen molar-refractivity contribution in [1.82, 2.24) is 14.7 Å². The van der Waals surface area contributed by atoms with Crippen LogP contribution in [0.1, 0.15) is 13.3 Å². The van der Waals surface area contributed by atoms with Gasteiger partial charge < -0.3 is 10.0 Å². The Morgan fingerprint density at radius 2 is 2.00 bits per heavy atom. The van der Waals surface area contributed by atoms with Crippen molar-refractivity contribution in [2.24, 2.45) is 0 Å². The molecule has 1 aliphatic rings. The molecule has 3 rings (SSSR count). The third-order valence-corrected chi connectivity index (χ3v) is 6.59. The number of phenols is 1. The van der Waals surface area contributed by atoms with Crippen LogP contribution in [0, 0.1) is 3.95 Å². The van der Waals surface area contributed by atoms with Crippen molar-refractivity contribution >= 4 is 41.0 Å². The molecule has 1 aromatic heterocycles. The Balaban J connectivity index is 1.57. The zero-order valence-corrected chi connectivity index (χ0v) is 16.2. The number of thioether (sulfide) groups is 1. The number of hydrogen-bond donors (Lipinski definition) is 1. The summed E-state index contributed by atoms with van der Waals surface area (Å²) in [6.45, 7) is 6.58. The molecule has 1 saturated heterocycles. The third-order valence-electron chi connectivity index (χ3n) is 3.95. The molecular weight excluding hydrogens is 360 g/mol. The number of nitrogens with zero attached hydrogens (tertiary/aromatic N) is 4. The topological polar surface area (TPSA) is 44.5 Å². The SMILES string of the molecule is CCCSc1nn(CN2CCN(c3ccccc3O)CC2)c(=S)s1. The first-order valence-corrected chi connectivity index (χ1v) is 10.3. The van der Waals surface area contributed by atoms with Gasteiger partial charge in [-0.3, -0.25) is 4.90 Å². The van der Waals surface area contributed by atoms with Crippen LogP contribution in [0.2, 0.25) is 0 Å². The van der Waals surface area contributed by atoms with Crippen molar-refractivity contribution in [3.63, 3.8) is 0 Å². The second-order valence-corrected chi connectivity index (χ2v) is 8.68. The zero-order chi connectivity index (χ0) is 16.9. The Morgan fingerprint density at radius 3 is 2.71 bits per heavy atom. The van der Waals surface area contributed by atoms with Crippen molar-refractivity contribution in [3.05, 3.63) is 28.2 Å². The van der Waals surface area contributed by atoms with Crippen molar-refractivity contribution in [2.45, 2.75) is 24.4 Å². The molecule has 0 amide bonds. The van der Waals surface area contributed by atoms with E-state index in [2.05, 4.69) is 21.8 Å². The number of anilines is 1. The maximum atomic E-state index is 9.99. The molecule has 0 spiro atoms. The number of phenolic OH excluding ortho intramolecular Hbond substituents is 1. The largest absolute Gasteiger partial charge is 0.506 e. The summed E-state index contributed by atoms with van der Waals surface area (Å²) >= 11 is 8.83. The molecule has 8 heteroatoms.